The minimum absolute atomic E-state index is 0.488. The summed E-state index contributed by atoms with van der Waals surface area (Å²) in [5.74, 6) is -1.32. The van der Waals surface area contributed by atoms with Crippen LogP contribution in [0.4, 0.5) is 4.79 Å². The van der Waals surface area contributed by atoms with E-state index in [4.69, 9.17) is 51.2 Å². The van der Waals surface area contributed by atoms with E-state index in [1.807, 2.05) is 35.8 Å². The van der Waals surface area contributed by atoms with E-state index in [0.717, 1.165) is 21.8 Å². The zero-order chi connectivity index (χ0) is 20.5. The first-order valence-corrected chi connectivity index (χ1v) is 9.56. The SMILES string of the molecule is CC(C(=O)ONC(=O)OCC(Cl)(Cl)Cl)c1ccc2c(c1)[nH]c1ccc(Cl)cc12. The molecule has 0 fully saturated rings. The van der Waals surface area contributed by atoms with Gasteiger partial charge in [-0.1, -0.05) is 58.5 Å². The Morgan fingerprint density at radius 1 is 1.11 bits per heavy atom. The van der Waals surface area contributed by atoms with Crippen molar-refractivity contribution in [2.75, 3.05) is 6.61 Å². The van der Waals surface area contributed by atoms with E-state index in [2.05, 4.69) is 9.72 Å². The summed E-state index contributed by atoms with van der Waals surface area (Å²) in [7, 11) is 0. The maximum Gasteiger partial charge on any atom is 0.440 e. The number of carbonyl (C=O) groups excluding carboxylic acids is 2. The van der Waals surface area contributed by atoms with E-state index in [1.165, 1.54) is 0 Å². The van der Waals surface area contributed by atoms with E-state index in [-0.39, 0.29) is 0 Å². The number of nitrogens with one attached hydrogen (secondary N) is 2. The fourth-order valence-electron chi connectivity index (χ4n) is 2.66. The van der Waals surface area contributed by atoms with Crippen molar-refractivity contribution < 1.29 is 19.2 Å². The summed E-state index contributed by atoms with van der Waals surface area (Å²) >= 11 is 22.5. The van der Waals surface area contributed by atoms with E-state index < -0.39 is 28.4 Å². The Morgan fingerprint density at radius 3 is 2.57 bits per heavy atom. The molecular formula is C18H14Cl4N2O4. The summed E-state index contributed by atoms with van der Waals surface area (Å²) in [6, 6.07) is 11.1. The maximum absolute atomic E-state index is 12.2. The lowest BCUT2D eigenvalue weighted by molar-refractivity contribution is -0.151. The van der Waals surface area contributed by atoms with E-state index in [0.29, 0.717) is 10.6 Å². The standard InChI is InChI=1S/C18H14Cl4N2O4/c1-9(16(25)28-24-17(26)27-8-18(20,21)22)10-2-4-12-13-7-11(19)3-5-14(13)23-15(12)6-10/h2-7,9,23H,8H2,1H3,(H,24,26). The number of aromatic nitrogens is 1. The number of carbonyl (C=O) groups is 2. The highest BCUT2D eigenvalue weighted by atomic mass is 35.6. The number of halogens is 4. The highest BCUT2D eigenvalue weighted by Gasteiger charge is 2.23. The Morgan fingerprint density at radius 2 is 1.86 bits per heavy atom. The molecule has 1 atom stereocenters. The quantitative estimate of drug-likeness (QED) is 0.389. The van der Waals surface area contributed by atoms with Gasteiger partial charge in [0.2, 0.25) is 3.79 Å². The van der Waals surface area contributed by atoms with Crippen molar-refractivity contribution in [1.82, 2.24) is 10.5 Å². The van der Waals surface area contributed by atoms with Crippen LogP contribution in [-0.2, 0) is 14.4 Å². The van der Waals surface area contributed by atoms with Gasteiger partial charge >= 0.3 is 12.1 Å². The minimum Gasteiger partial charge on any atom is -0.443 e. The minimum atomic E-state index is -1.76. The van der Waals surface area contributed by atoms with Gasteiger partial charge in [0.05, 0.1) is 5.92 Å². The largest absolute Gasteiger partial charge is 0.443 e. The van der Waals surface area contributed by atoms with Gasteiger partial charge in [0.1, 0.15) is 6.61 Å². The van der Waals surface area contributed by atoms with Crippen molar-refractivity contribution in [3.8, 4) is 0 Å². The molecule has 2 N–H and O–H groups in total. The van der Waals surface area contributed by atoms with Crippen LogP contribution in [0.25, 0.3) is 21.8 Å². The second kappa shape index (κ2) is 8.25. The number of benzene rings is 2. The first kappa shape index (κ1) is 20.9. The number of alkyl halides is 3. The predicted molar refractivity (Wildman–Crippen MR) is 110 cm³/mol. The lowest BCUT2D eigenvalue weighted by atomic mass is 10.00. The zero-order valence-electron chi connectivity index (χ0n) is 14.4. The fourth-order valence-corrected chi connectivity index (χ4v) is 2.99. The highest BCUT2D eigenvalue weighted by Crippen LogP contribution is 2.30. The molecule has 0 saturated carbocycles. The van der Waals surface area contributed by atoms with Crippen molar-refractivity contribution in [3.63, 3.8) is 0 Å². The molecule has 28 heavy (non-hydrogen) atoms. The number of hydroxylamine groups is 1. The number of H-pyrrole nitrogens is 1. The van der Waals surface area contributed by atoms with Crippen LogP contribution < -0.4 is 5.48 Å². The summed E-state index contributed by atoms with van der Waals surface area (Å²) in [6.07, 6.45) is -1.05. The number of hydrogen-bond donors (Lipinski definition) is 2. The molecule has 0 aliphatic heterocycles. The monoisotopic (exact) mass is 462 g/mol. The summed E-state index contributed by atoms with van der Waals surface area (Å²) in [4.78, 5) is 31.7. The fraction of sp³-hybridized carbons (Fsp3) is 0.222. The number of aromatic amines is 1. The van der Waals surface area contributed by atoms with Crippen molar-refractivity contribution >= 4 is 80.3 Å². The third-order valence-electron chi connectivity index (χ3n) is 4.04. The van der Waals surface area contributed by atoms with Gasteiger partial charge in [-0.05, 0) is 36.8 Å². The molecular weight excluding hydrogens is 450 g/mol. The molecule has 3 rings (SSSR count). The van der Waals surface area contributed by atoms with Gasteiger partial charge in [-0.25, -0.2) is 9.59 Å². The van der Waals surface area contributed by atoms with Crippen molar-refractivity contribution in [2.45, 2.75) is 16.6 Å². The van der Waals surface area contributed by atoms with Crippen LogP contribution in [0.2, 0.25) is 5.02 Å². The smallest absolute Gasteiger partial charge is 0.440 e. The van der Waals surface area contributed by atoms with Crippen LogP contribution in [0, 0.1) is 0 Å². The lowest BCUT2D eigenvalue weighted by Crippen LogP contribution is -2.31. The molecule has 2 aromatic carbocycles. The molecule has 0 spiro atoms. The Balaban J connectivity index is 1.68. The third-order valence-corrected chi connectivity index (χ3v) is 4.60. The van der Waals surface area contributed by atoms with Crippen LogP contribution in [0.3, 0.4) is 0 Å². The van der Waals surface area contributed by atoms with Crippen molar-refractivity contribution in [2.24, 2.45) is 0 Å². The number of ether oxygens (including phenoxy) is 1. The molecule has 0 saturated heterocycles. The van der Waals surface area contributed by atoms with Crippen molar-refractivity contribution in [1.29, 1.82) is 0 Å². The second-order valence-electron chi connectivity index (χ2n) is 6.06. The Hall–Kier alpha value is -1.86. The molecule has 148 valence electrons. The van der Waals surface area contributed by atoms with E-state index in [1.54, 1.807) is 13.0 Å². The molecule has 1 aromatic heterocycles. The summed E-state index contributed by atoms with van der Waals surface area (Å²) in [6.45, 7) is 1.16. The number of rotatable bonds is 3. The zero-order valence-corrected chi connectivity index (χ0v) is 17.4. The topological polar surface area (TPSA) is 80.4 Å². The van der Waals surface area contributed by atoms with Gasteiger partial charge in [-0.15, -0.1) is 5.48 Å². The molecule has 6 nitrogen and oxygen atoms in total. The first-order chi connectivity index (χ1) is 13.1. The van der Waals surface area contributed by atoms with Gasteiger partial charge in [-0.3, -0.25) is 0 Å². The van der Waals surface area contributed by atoms with Gasteiger partial charge in [0, 0.05) is 26.8 Å². The predicted octanol–water partition coefficient (Wildman–Crippen LogP) is 5.63. The third kappa shape index (κ3) is 4.94. The number of hydrogen-bond acceptors (Lipinski definition) is 4. The van der Waals surface area contributed by atoms with Crippen LogP contribution in [-0.4, -0.2) is 27.4 Å². The molecule has 0 aliphatic rings. The number of fused-ring (bicyclic) bond motifs is 3. The van der Waals surface area contributed by atoms with E-state index >= 15 is 0 Å². The molecule has 0 bridgehead atoms. The number of amides is 1. The van der Waals surface area contributed by atoms with Gasteiger partial charge in [0.25, 0.3) is 0 Å². The average Bonchev–Trinajstić information content (AvgIpc) is 3.00. The van der Waals surface area contributed by atoms with E-state index in [9.17, 15) is 9.59 Å². The summed E-state index contributed by atoms with van der Waals surface area (Å²) < 4.78 is 2.85. The first-order valence-electron chi connectivity index (χ1n) is 8.05. The molecule has 0 aliphatic carbocycles. The van der Waals surface area contributed by atoms with Gasteiger partial charge in [-0.2, -0.15) is 0 Å². The molecule has 10 heteroatoms. The second-order valence-corrected chi connectivity index (χ2v) is 9.01. The summed E-state index contributed by atoms with van der Waals surface area (Å²) in [5.41, 5.74) is 4.35. The Labute approximate surface area is 179 Å². The molecule has 1 heterocycles. The molecule has 1 amide bonds. The normalized spacial score (nSPS) is 12.8. The van der Waals surface area contributed by atoms with Gasteiger partial charge < -0.3 is 14.6 Å². The summed E-state index contributed by atoms with van der Waals surface area (Å²) in [5, 5.41) is 2.61. The van der Waals surface area contributed by atoms with Gasteiger partial charge in [0.15, 0.2) is 0 Å². The molecule has 0 radical (unpaired) electrons. The van der Waals surface area contributed by atoms with Crippen LogP contribution >= 0.6 is 46.4 Å². The Kier molecular flexibility index (Phi) is 6.15. The van der Waals surface area contributed by atoms with Crippen LogP contribution in [0.15, 0.2) is 36.4 Å². The van der Waals surface area contributed by atoms with Crippen LogP contribution in [0.1, 0.15) is 18.4 Å². The van der Waals surface area contributed by atoms with Crippen LogP contribution in [0.5, 0.6) is 0 Å². The molecule has 1 unspecified atom stereocenters. The molecule has 3 aromatic rings. The van der Waals surface area contributed by atoms with Crippen molar-refractivity contribution in [3.05, 3.63) is 47.0 Å². The lowest BCUT2D eigenvalue weighted by Gasteiger charge is -2.14. The maximum atomic E-state index is 12.2. The average molecular weight is 464 g/mol. The highest BCUT2D eigenvalue weighted by molar-refractivity contribution is 6.67. The Bertz CT molecular complexity index is 1050.